The van der Waals surface area contributed by atoms with E-state index in [-0.39, 0.29) is 11.8 Å². The van der Waals surface area contributed by atoms with Gasteiger partial charge in [0, 0.05) is 24.8 Å². The average molecular weight is 350 g/mol. The van der Waals surface area contributed by atoms with Crippen LogP contribution in [-0.2, 0) is 4.79 Å². The van der Waals surface area contributed by atoms with Gasteiger partial charge in [-0.3, -0.25) is 9.69 Å². The van der Waals surface area contributed by atoms with Crippen molar-refractivity contribution in [2.24, 2.45) is 5.92 Å². The second-order valence-electron chi connectivity index (χ2n) is 6.66. The lowest BCUT2D eigenvalue weighted by atomic mass is 9.88. The zero-order valence-corrected chi connectivity index (χ0v) is 15.2. The van der Waals surface area contributed by atoms with Gasteiger partial charge >= 0.3 is 0 Å². The Bertz CT molecular complexity index is 728. The molecule has 2 atom stereocenters. The van der Waals surface area contributed by atoms with Crippen molar-refractivity contribution in [2.45, 2.75) is 18.9 Å². The molecule has 3 rings (SSSR count). The molecule has 0 bridgehead atoms. The van der Waals surface area contributed by atoms with Gasteiger partial charge in [0.2, 0.25) is 5.91 Å². The summed E-state index contributed by atoms with van der Waals surface area (Å²) in [6.45, 7) is 5.41. The van der Waals surface area contributed by atoms with Gasteiger partial charge in [0.15, 0.2) is 0 Å². The molecule has 0 spiro atoms. The highest BCUT2D eigenvalue weighted by Crippen LogP contribution is 2.33. The SMILES string of the molecule is C=CCN1C[C@@H](C(=O)Nc2ccc(OC)cc2)CC[C@H]1c1ccccc1. The van der Waals surface area contributed by atoms with E-state index in [2.05, 4.69) is 41.1 Å². The van der Waals surface area contributed by atoms with Crippen LogP contribution in [-0.4, -0.2) is 31.0 Å². The molecule has 1 saturated heterocycles. The molecule has 0 aliphatic carbocycles. The summed E-state index contributed by atoms with van der Waals surface area (Å²) in [5.74, 6) is 0.844. The Kier molecular flexibility index (Phi) is 6.08. The van der Waals surface area contributed by atoms with Gasteiger partial charge in [0.05, 0.1) is 13.0 Å². The van der Waals surface area contributed by atoms with Crippen molar-refractivity contribution in [3.05, 3.63) is 72.8 Å². The lowest BCUT2D eigenvalue weighted by Crippen LogP contribution is -2.42. The molecule has 4 heteroatoms. The van der Waals surface area contributed by atoms with Gasteiger partial charge in [-0.1, -0.05) is 36.4 Å². The van der Waals surface area contributed by atoms with Crippen LogP contribution in [0.4, 0.5) is 5.69 Å². The summed E-state index contributed by atoms with van der Waals surface area (Å²) >= 11 is 0. The quantitative estimate of drug-likeness (QED) is 0.791. The summed E-state index contributed by atoms with van der Waals surface area (Å²) in [6, 6.07) is 18.3. The van der Waals surface area contributed by atoms with Crippen LogP contribution < -0.4 is 10.1 Å². The maximum Gasteiger partial charge on any atom is 0.228 e. The molecule has 1 N–H and O–H groups in total. The number of rotatable bonds is 6. The first-order valence-electron chi connectivity index (χ1n) is 9.06. The number of hydrogen-bond acceptors (Lipinski definition) is 3. The maximum atomic E-state index is 12.7. The Hall–Kier alpha value is -2.59. The highest BCUT2D eigenvalue weighted by molar-refractivity contribution is 5.92. The van der Waals surface area contributed by atoms with Gasteiger partial charge in [-0.2, -0.15) is 0 Å². The molecular weight excluding hydrogens is 324 g/mol. The van der Waals surface area contributed by atoms with E-state index in [0.29, 0.717) is 6.04 Å². The average Bonchev–Trinajstić information content (AvgIpc) is 2.69. The maximum absolute atomic E-state index is 12.7. The van der Waals surface area contributed by atoms with Crippen LogP contribution >= 0.6 is 0 Å². The van der Waals surface area contributed by atoms with Crippen LogP contribution in [0.25, 0.3) is 0 Å². The molecule has 1 aliphatic rings. The predicted octanol–water partition coefficient (Wildman–Crippen LogP) is 4.27. The largest absolute Gasteiger partial charge is 0.497 e. The fraction of sp³-hybridized carbons (Fsp3) is 0.318. The zero-order chi connectivity index (χ0) is 18.4. The van der Waals surface area contributed by atoms with Crippen LogP contribution in [0.3, 0.4) is 0 Å². The molecule has 1 amide bonds. The van der Waals surface area contributed by atoms with Crippen molar-refractivity contribution < 1.29 is 9.53 Å². The number of anilines is 1. The lowest BCUT2D eigenvalue weighted by Gasteiger charge is -2.39. The number of nitrogens with one attached hydrogen (secondary N) is 1. The Morgan fingerprint density at radius 1 is 1.19 bits per heavy atom. The lowest BCUT2D eigenvalue weighted by molar-refractivity contribution is -0.122. The van der Waals surface area contributed by atoms with Crippen LogP contribution in [0.1, 0.15) is 24.4 Å². The minimum Gasteiger partial charge on any atom is -0.497 e. The molecule has 26 heavy (non-hydrogen) atoms. The first kappa shape index (κ1) is 18.2. The third kappa shape index (κ3) is 4.33. The van der Waals surface area contributed by atoms with Crippen LogP contribution in [0.15, 0.2) is 67.3 Å². The molecule has 1 fully saturated rings. The summed E-state index contributed by atoms with van der Waals surface area (Å²) in [7, 11) is 1.63. The Labute approximate surface area is 155 Å². The molecule has 1 heterocycles. The van der Waals surface area contributed by atoms with Gasteiger partial charge < -0.3 is 10.1 Å². The van der Waals surface area contributed by atoms with Crippen molar-refractivity contribution in [1.82, 2.24) is 4.90 Å². The summed E-state index contributed by atoms with van der Waals surface area (Å²) in [5, 5.41) is 3.03. The van der Waals surface area contributed by atoms with Crippen LogP contribution in [0, 0.1) is 5.92 Å². The summed E-state index contributed by atoms with van der Waals surface area (Å²) < 4.78 is 5.16. The first-order chi connectivity index (χ1) is 12.7. The number of methoxy groups -OCH3 is 1. The van der Waals surface area contributed by atoms with Gasteiger partial charge in [-0.05, 0) is 42.7 Å². The normalized spacial score (nSPS) is 20.3. The van der Waals surface area contributed by atoms with Crippen LogP contribution in [0.5, 0.6) is 5.75 Å². The zero-order valence-electron chi connectivity index (χ0n) is 15.2. The van der Waals surface area contributed by atoms with Crippen molar-refractivity contribution in [3.8, 4) is 5.75 Å². The van der Waals surface area contributed by atoms with Crippen molar-refractivity contribution in [1.29, 1.82) is 0 Å². The number of carbonyl (C=O) groups is 1. The fourth-order valence-corrected chi connectivity index (χ4v) is 3.60. The number of carbonyl (C=O) groups excluding carboxylic acids is 1. The molecule has 2 aromatic carbocycles. The topological polar surface area (TPSA) is 41.6 Å². The Morgan fingerprint density at radius 2 is 1.92 bits per heavy atom. The molecular formula is C22H26N2O2. The van der Waals surface area contributed by atoms with Gasteiger partial charge in [-0.15, -0.1) is 6.58 Å². The molecule has 2 aromatic rings. The minimum atomic E-state index is -0.0167. The predicted molar refractivity (Wildman–Crippen MR) is 105 cm³/mol. The van der Waals surface area contributed by atoms with Crippen LogP contribution in [0.2, 0.25) is 0 Å². The smallest absolute Gasteiger partial charge is 0.228 e. The van der Waals surface area contributed by atoms with Gasteiger partial charge in [-0.25, -0.2) is 0 Å². The van der Waals surface area contributed by atoms with Gasteiger partial charge in [0.25, 0.3) is 0 Å². The second-order valence-corrected chi connectivity index (χ2v) is 6.66. The highest BCUT2D eigenvalue weighted by atomic mass is 16.5. The molecule has 136 valence electrons. The van der Waals surface area contributed by atoms with Gasteiger partial charge in [0.1, 0.15) is 5.75 Å². The number of nitrogens with zero attached hydrogens (tertiary/aromatic N) is 1. The molecule has 4 nitrogen and oxygen atoms in total. The van der Waals surface area contributed by atoms with Crippen molar-refractivity contribution in [2.75, 3.05) is 25.5 Å². The summed E-state index contributed by atoms with van der Waals surface area (Å²) in [4.78, 5) is 15.1. The summed E-state index contributed by atoms with van der Waals surface area (Å²) in [6.07, 6.45) is 3.77. The number of likely N-dealkylation sites (tertiary alicyclic amines) is 1. The Morgan fingerprint density at radius 3 is 2.58 bits per heavy atom. The van der Waals surface area contributed by atoms with E-state index in [9.17, 15) is 4.79 Å². The number of hydrogen-bond donors (Lipinski definition) is 1. The third-order valence-corrected chi connectivity index (χ3v) is 4.96. The molecule has 1 aliphatic heterocycles. The summed E-state index contributed by atoms with van der Waals surface area (Å²) in [5.41, 5.74) is 2.11. The van der Waals surface area contributed by atoms with E-state index < -0.39 is 0 Å². The Balaban J connectivity index is 1.66. The van der Waals surface area contributed by atoms with Crippen molar-refractivity contribution >= 4 is 11.6 Å². The number of amides is 1. The van der Waals surface area contributed by atoms with E-state index >= 15 is 0 Å². The fourth-order valence-electron chi connectivity index (χ4n) is 3.60. The van der Waals surface area contributed by atoms with Crippen molar-refractivity contribution in [3.63, 3.8) is 0 Å². The van der Waals surface area contributed by atoms with E-state index in [4.69, 9.17) is 4.74 Å². The second kappa shape index (κ2) is 8.68. The number of piperidine rings is 1. The minimum absolute atomic E-state index is 0.0167. The van der Waals surface area contributed by atoms with E-state index in [1.807, 2.05) is 36.4 Å². The van der Waals surface area contributed by atoms with E-state index in [1.165, 1.54) is 5.56 Å². The monoisotopic (exact) mass is 350 g/mol. The first-order valence-corrected chi connectivity index (χ1v) is 9.06. The number of ether oxygens (including phenoxy) is 1. The highest BCUT2D eigenvalue weighted by Gasteiger charge is 2.32. The van der Waals surface area contributed by atoms with E-state index in [0.717, 1.165) is 37.4 Å². The molecule has 0 unspecified atom stereocenters. The van der Waals surface area contributed by atoms with E-state index in [1.54, 1.807) is 7.11 Å². The molecule has 0 saturated carbocycles. The molecule has 0 aromatic heterocycles. The molecule has 0 radical (unpaired) electrons. The third-order valence-electron chi connectivity index (χ3n) is 4.96. The standard InChI is InChI=1S/C22H26N2O2/c1-3-15-24-16-18(9-14-21(24)17-7-5-4-6-8-17)22(25)23-19-10-12-20(26-2)13-11-19/h3-8,10-13,18,21H,1,9,14-16H2,2H3,(H,23,25)/t18-,21-/m0/s1. The number of benzene rings is 2.